The van der Waals surface area contributed by atoms with Crippen molar-refractivity contribution >= 4 is 11.3 Å². The summed E-state index contributed by atoms with van der Waals surface area (Å²) >= 11 is 1.65. The molecule has 1 aromatic heterocycles. The van der Waals surface area contributed by atoms with Crippen LogP contribution in [0.25, 0.3) is 0 Å². The van der Waals surface area contributed by atoms with Gasteiger partial charge in [0.1, 0.15) is 6.10 Å². The lowest BCUT2D eigenvalue weighted by atomic mass is 10.3. The molecule has 0 aliphatic heterocycles. The molecule has 1 unspecified atom stereocenters. The molecule has 0 saturated heterocycles. The van der Waals surface area contributed by atoms with E-state index in [1.165, 1.54) is 4.88 Å². The molecule has 0 aliphatic carbocycles. The van der Waals surface area contributed by atoms with Crippen LogP contribution < -0.4 is 5.32 Å². The van der Waals surface area contributed by atoms with Crippen LogP contribution in [-0.2, 0) is 0 Å². The highest BCUT2D eigenvalue weighted by Gasteiger charge is 2.07. The van der Waals surface area contributed by atoms with Crippen molar-refractivity contribution in [2.24, 2.45) is 0 Å². The Bertz CT molecular complexity index is 222. The van der Waals surface area contributed by atoms with E-state index >= 15 is 0 Å². The van der Waals surface area contributed by atoms with Gasteiger partial charge in [0.2, 0.25) is 0 Å². The zero-order chi connectivity index (χ0) is 8.27. The summed E-state index contributed by atoms with van der Waals surface area (Å²) < 4.78 is 0. The highest BCUT2D eigenvalue weighted by Crippen LogP contribution is 2.21. The summed E-state index contributed by atoms with van der Waals surface area (Å²) in [7, 11) is 1.84. The second-order valence-electron chi connectivity index (χ2n) is 2.52. The van der Waals surface area contributed by atoms with Crippen LogP contribution in [0.15, 0.2) is 12.1 Å². The second-order valence-corrected chi connectivity index (χ2v) is 3.84. The van der Waals surface area contributed by atoms with Gasteiger partial charge in [0.25, 0.3) is 0 Å². The molecule has 1 heterocycles. The standard InChI is InChI=1S/C8H13NOS/c1-6-3-4-8(11-6)7(10)5-9-2/h3-4,7,9-10H,5H2,1-2H3. The normalized spacial score (nSPS) is 13.4. The predicted molar refractivity (Wildman–Crippen MR) is 47.9 cm³/mol. The number of rotatable bonds is 3. The fourth-order valence-electron chi connectivity index (χ4n) is 0.926. The number of hydrogen-bond donors (Lipinski definition) is 2. The number of aryl methyl sites for hydroxylation is 1. The Morgan fingerprint density at radius 3 is 2.82 bits per heavy atom. The third-order valence-corrected chi connectivity index (χ3v) is 2.59. The molecule has 0 aliphatic rings. The van der Waals surface area contributed by atoms with Gasteiger partial charge in [0, 0.05) is 16.3 Å². The molecule has 62 valence electrons. The highest BCUT2D eigenvalue weighted by atomic mass is 32.1. The summed E-state index contributed by atoms with van der Waals surface area (Å²) in [6.45, 7) is 2.67. The SMILES string of the molecule is CNCC(O)c1ccc(C)s1. The fourth-order valence-corrected chi connectivity index (χ4v) is 1.79. The quantitative estimate of drug-likeness (QED) is 0.718. The summed E-state index contributed by atoms with van der Waals surface area (Å²) in [5.41, 5.74) is 0. The zero-order valence-electron chi connectivity index (χ0n) is 6.79. The minimum Gasteiger partial charge on any atom is -0.386 e. The van der Waals surface area contributed by atoms with Crippen LogP contribution in [-0.4, -0.2) is 18.7 Å². The van der Waals surface area contributed by atoms with Gasteiger partial charge < -0.3 is 10.4 Å². The third-order valence-electron chi connectivity index (χ3n) is 1.49. The van der Waals surface area contributed by atoms with E-state index in [9.17, 15) is 5.11 Å². The number of nitrogens with one attached hydrogen (secondary N) is 1. The van der Waals surface area contributed by atoms with Gasteiger partial charge in [-0.2, -0.15) is 0 Å². The Labute approximate surface area is 70.9 Å². The molecule has 0 fully saturated rings. The van der Waals surface area contributed by atoms with Gasteiger partial charge in [-0.15, -0.1) is 11.3 Å². The van der Waals surface area contributed by atoms with Gasteiger partial charge in [0.05, 0.1) is 0 Å². The average molecular weight is 171 g/mol. The van der Waals surface area contributed by atoms with Crippen LogP contribution in [0, 0.1) is 6.92 Å². The van der Waals surface area contributed by atoms with Crippen molar-refractivity contribution in [1.29, 1.82) is 0 Å². The van der Waals surface area contributed by atoms with Crippen molar-refractivity contribution in [1.82, 2.24) is 5.32 Å². The number of aliphatic hydroxyl groups excluding tert-OH is 1. The molecule has 11 heavy (non-hydrogen) atoms. The molecule has 3 heteroatoms. The van der Waals surface area contributed by atoms with E-state index in [2.05, 4.69) is 5.32 Å². The Morgan fingerprint density at radius 2 is 2.36 bits per heavy atom. The Hall–Kier alpha value is -0.380. The lowest BCUT2D eigenvalue weighted by Crippen LogP contribution is -2.15. The summed E-state index contributed by atoms with van der Waals surface area (Å²) in [6, 6.07) is 4.00. The van der Waals surface area contributed by atoms with Gasteiger partial charge in [-0.05, 0) is 26.1 Å². The number of hydrogen-bond acceptors (Lipinski definition) is 3. The molecule has 0 spiro atoms. The molecule has 1 rings (SSSR count). The minimum atomic E-state index is -0.348. The Balaban J connectivity index is 2.60. The fraction of sp³-hybridized carbons (Fsp3) is 0.500. The third kappa shape index (κ3) is 2.29. The van der Waals surface area contributed by atoms with Gasteiger partial charge in [-0.25, -0.2) is 0 Å². The van der Waals surface area contributed by atoms with E-state index < -0.39 is 0 Å². The molecule has 1 aromatic rings. The van der Waals surface area contributed by atoms with E-state index in [0.717, 1.165) is 4.88 Å². The average Bonchev–Trinajstić information content (AvgIpc) is 2.36. The summed E-state index contributed by atoms with van der Waals surface area (Å²) in [5, 5.41) is 12.4. The molecular weight excluding hydrogens is 158 g/mol. The van der Waals surface area contributed by atoms with Gasteiger partial charge in [-0.1, -0.05) is 0 Å². The van der Waals surface area contributed by atoms with Crippen LogP contribution in [0.2, 0.25) is 0 Å². The smallest absolute Gasteiger partial charge is 0.101 e. The maximum Gasteiger partial charge on any atom is 0.101 e. The van der Waals surface area contributed by atoms with E-state index in [4.69, 9.17) is 0 Å². The van der Waals surface area contributed by atoms with E-state index in [0.29, 0.717) is 6.54 Å². The molecular formula is C8H13NOS. The first-order chi connectivity index (χ1) is 5.24. The molecule has 0 saturated carbocycles. The van der Waals surface area contributed by atoms with Crippen LogP contribution >= 0.6 is 11.3 Å². The largest absolute Gasteiger partial charge is 0.386 e. The van der Waals surface area contributed by atoms with Crippen molar-refractivity contribution < 1.29 is 5.11 Å². The molecule has 0 bridgehead atoms. The van der Waals surface area contributed by atoms with Crippen LogP contribution in [0.5, 0.6) is 0 Å². The molecule has 0 aromatic carbocycles. The topological polar surface area (TPSA) is 32.3 Å². The highest BCUT2D eigenvalue weighted by molar-refractivity contribution is 7.12. The van der Waals surface area contributed by atoms with Gasteiger partial charge in [-0.3, -0.25) is 0 Å². The van der Waals surface area contributed by atoms with Crippen LogP contribution in [0.4, 0.5) is 0 Å². The Morgan fingerprint density at radius 1 is 1.64 bits per heavy atom. The minimum absolute atomic E-state index is 0.348. The molecule has 1 atom stereocenters. The van der Waals surface area contributed by atoms with Crippen molar-refractivity contribution in [2.75, 3.05) is 13.6 Å². The summed E-state index contributed by atoms with van der Waals surface area (Å²) in [5.74, 6) is 0. The molecule has 2 N–H and O–H groups in total. The molecule has 2 nitrogen and oxygen atoms in total. The maximum absolute atomic E-state index is 9.48. The molecule has 0 amide bonds. The van der Waals surface area contributed by atoms with Gasteiger partial charge >= 0.3 is 0 Å². The zero-order valence-corrected chi connectivity index (χ0v) is 7.61. The molecule has 0 radical (unpaired) electrons. The van der Waals surface area contributed by atoms with Gasteiger partial charge in [0.15, 0.2) is 0 Å². The maximum atomic E-state index is 9.48. The summed E-state index contributed by atoms with van der Waals surface area (Å²) in [4.78, 5) is 2.28. The van der Waals surface area contributed by atoms with Crippen LogP contribution in [0.1, 0.15) is 15.9 Å². The number of aliphatic hydroxyl groups is 1. The van der Waals surface area contributed by atoms with Crippen molar-refractivity contribution in [3.63, 3.8) is 0 Å². The lowest BCUT2D eigenvalue weighted by molar-refractivity contribution is 0.181. The van der Waals surface area contributed by atoms with Crippen LogP contribution in [0.3, 0.4) is 0 Å². The monoisotopic (exact) mass is 171 g/mol. The number of thiophene rings is 1. The number of likely N-dealkylation sites (N-methyl/N-ethyl adjacent to an activating group) is 1. The predicted octanol–water partition coefficient (Wildman–Crippen LogP) is 1.31. The van der Waals surface area contributed by atoms with E-state index in [1.807, 2.05) is 26.1 Å². The van der Waals surface area contributed by atoms with Crippen molar-refractivity contribution in [3.05, 3.63) is 21.9 Å². The first-order valence-corrected chi connectivity index (χ1v) is 4.44. The van der Waals surface area contributed by atoms with E-state index in [1.54, 1.807) is 11.3 Å². The first kappa shape index (κ1) is 8.71. The Kier molecular flexibility index (Phi) is 3.05. The second kappa shape index (κ2) is 3.85. The van der Waals surface area contributed by atoms with E-state index in [-0.39, 0.29) is 6.10 Å². The first-order valence-electron chi connectivity index (χ1n) is 3.63. The lowest BCUT2D eigenvalue weighted by Gasteiger charge is -2.05. The van der Waals surface area contributed by atoms with Crippen molar-refractivity contribution in [2.45, 2.75) is 13.0 Å². The van der Waals surface area contributed by atoms with Crippen molar-refractivity contribution in [3.8, 4) is 0 Å². The summed E-state index contributed by atoms with van der Waals surface area (Å²) in [6.07, 6.45) is -0.348.